The van der Waals surface area contributed by atoms with Crippen molar-refractivity contribution in [3.05, 3.63) is 82.4 Å². The molecule has 1 amide bonds. The second kappa shape index (κ2) is 18.4. The molecular formula is C43H58N4O10. The molecule has 14 nitrogen and oxygen atoms in total. The van der Waals surface area contributed by atoms with E-state index in [2.05, 4.69) is 23.6 Å². The molecule has 0 aromatic heterocycles. The third-order valence-electron chi connectivity index (χ3n) is 11.3. The van der Waals surface area contributed by atoms with Gasteiger partial charge in [-0.15, -0.1) is 6.58 Å². The fourth-order valence-electron chi connectivity index (χ4n) is 8.53. The molecule has 1 saturated carbocycles. The van der Waals surface area contributed by atoms with Crippen molar-refractivity contribution >= 4 is 17.5 Å². The van der Waals surface area contributed by atoms with Crippen molar-refractivity contribution in [1.29, 1.82) is 0 Å². The number of hydrogen-bond acceptors (Lipinski definition) is 12. The first-order valence-electron chi connectivity index (χ1n) is 20.2. The van der Waals surface area contributed by atoms with Crippen LogP contribution in [0.15, 0.2) is 71.9 Å². The molecule has 0 radical (unpaired) electrons. The van der Waals surface area contributed by atoms with Crippen molar-refractivity contribution in [3.63, 3.8) is 0 Å². The Labute approximate surface area is 335 Å². The zero-order chi connectivity index (χ0) is 40.7. The number of nitrogens with zero attached hydrogens (tertiary/aromatic N) is 4. The molecule has 2 fully saturated rings. The predicted octanol–water partition coefficient (Wildman–Crippen LogP) is 6.85. The van der Waals surface area contributed by atoms with Crippen molar-refractivity contribution in [1.82, 2.24) is 9.80 Å². The normalized spacial score (nSPS) is 25.7. The number of rotatable bonds is 19. The van der Waals surface area contributed by atoms with E-state index in [1.54, 1.807) is 13.1 Å². The molecule has 1 saturated heterocycles. The van der Waals surface area contributed by atoms with Gasteiger partial charge in [0.1, 0.15) is 35.5 Å². The molecule has 0 unspecified atom stereocenters. The lowest BCUT2D eigenvalue weighted by atomic mass is 9.55. The number of aliphatic hydroxyl groups excluding tert-OH is 2. The Morgan fingerprint density at radius 1 is 1.09 bits per heavy atom. The zero-order valence-corrected chi connectivity index (χ0v) is 33.6. The van der Waals surface area contributed by atoms with Gasteiger partial charge in [0.05, 0.1) is 23.2 Å². The van der Waals surface area contributed by atoms with Crippen LogP contribution >= 0.6 is 0 Å². The highest BCUT2D eigenvalue weighted by Gasteiger charge is 2.65. The van der Waals surface area contributed by atoms with E-state index in [0.29, 0.717) is 30.9 Å². The molecule has 6 rings (SSSR count). The molecule has 2 N–H and O–H groups in total. The molecule has 2 aliphatic heterocycles. The van der Waals surface area contributed by atoms with E-state index in [4.69, 9.17) is 28.9 Å². The summed E-state index contributed by atoms with van der Waals surface area (Å²) in [6, 6.07) is 10.5. The highest BCUT2D eigenvalue weighted by molar-refractivity contribution is 6.03. The number of carbonyl (C=O) groups excluding carboxylic acids is 1. The summed E-state index contributed by atoms with van der Waals surface area (Å²) in [5, 5.41) is 35.8. The summed E-state index contributed by atoms with van der Waals surface area (Å²) in [6.45, 7) is 13.6. The molecule has 57 heavy (non-hydrogen) atoms. The van der Waals surface area contributed by atoms with E-state index in [9.17, 15) is 25.1 Å². The highest BCUT2D eigenvalue weighted by Crippen LogP contribution is 2.62. The van der Waals surface area contributed by atoms with E-state index in [0.717, 1.165) is 62.2 Å². The molecule has 2 aliphatic carbocycles. The standard InChI is InChI=1S/C43H58N4O10/c1-6-24-54-43-38(45(5)41(50)55-31-15-13-30(14-16-31)47(51)52)28-36(44-57-42(2,3)4)34-26-29(11-7-9-22-48)33(12-8-10-23-49)39(40(34)43)35-27-32(17-18-37(35)56-43)53-25-21-46-19-20-46/h6,13-18,26-27,29,33,38-40,48-49H,1,7-12,19-25,28H2,2-5H3/t29-,33+,38-,39+,40+,43+/m0/s1. The van der Waals surface area contributed by atoms with E-state index in [1.807, 2.05) is 32.9 Å². The minimum atomic E-state index is -1.45. The van der Waals surface area contributed by atoms with Crippen LogP contribution in [-0.4, -0.2) is 107 Å². The molecule has 310 valence electrons. The smallest absolute Gasteiger partial charge is 0.415 e. The van der Waals surface area contributed by atoms with Crippen molar-refractivity contribution in [2.45, 2.75) is 89.1 Å². The van der Waals surface area contributed by atoms with Crippen LogP contribution in [0.2, 0.25) is 0 Å². The number of oxime groups is 1. The molecule has 2 heterocycles. The van der Waals surface area contributed by atoms with Gasteiger partial charge in [-0.25, -0.2) is 4.79 Å². The van der Waals surface area contributed by atoms with Gasteiger partial charge in [0.2, 0.25) is 5.79 Å². The second-order valence-electron chi connectivity index (χ2n) is 16.4. The number of hydrogen-bond donors (Lipinski definition) is 2. The average molecular weight is 791 g/mol. The number of unbranched alkanes of at least 4 members (excludes halogenated alkanes) is 2. The molecular weight excluding hydrogens is 732 g/mol. The van der Waals surface area contributed by atoms with Gasteiger partial charge < -0.3 is 38.9 Å². The SMILES string of the molecule is C=CCO[C@@]12Oc3ccc(OCCN4CC4)cc3[C@H]3[C@H](CCCCO)[C@@H](CCCCO)C=C(C(=NOC(C)(C)C)C[C@@H]1N(C)C(=O)Oc1ccc([N+](=O)[O-])cc1)[C@H]32. The van der Waals surface area contributed by atoms with Crippen LogP contribution in [-0.2, 0) is 9.57 Å². The van der Waals surface area contributed by atoms with Crippen LogP contribution in [0, 0.1) is 27.9 Å². The van der Waals surface area contributed by atoms with Crippen molar-refractivity contribution in [2.24, 2.45) is 22.9 Å². The first-order valence-corrected chi connectivity index (χ1v) is 20.2. The lowest BCUT2D eigenvalue weighted by Crippen LogP contribution is -2.69. The van der Waals surface area contributed by atoms with Crippen LogP contribution in [0.5, 0.6) is 17.2 Å². The molecule has 2 aromatic rings. The first kappa shape index (κ1) is 42.1. The average Bonchev–Trinajstić information content (AvgIpc) is 4.02. The summed E-state index contributed by atoms with van der Waals surface area (Å²) in [6.07, 6.45) is 8.03. The third-order valence-corrected chi connectivity index (χ3v) is 11.3. The number of amides is 1. The van der Waals surface area contributed by atoms with Gasteiger partial charge in [-0.05, 0) is 94.2 Å². The van der Waals surface area contributed by atoms with Crippen LogP contribution in [0.3, 0.4) is 0 Å². The fourth-order valence-corrected chi connectivity index (χ4v) is 8.53. The highest BCUT2D eigenvalue weighted by atomic mass is 16.7. The summed E-state index contributed by atoms with van der Waals surface area (Å²) in [7, 11) is 1.63. The van der Waals surface area contributed by atoms with Crippen LogP contribution in [0.4, 0.5) is 10.5 Å². The number of likely N-dealkylation sites (N-methyl/N-ethyl adjacent to an activating group) is 1. The van der Waals surface area contributed by atoms with Crippen molar-refractivity contribution < 1.29 is 43.7 Å². The fraction of sp³-hybridized carbons (Fsp3) is 0.581. The lowest BCUT2D eigenvalue weighted by molar-refractivity contribution is -0.384. The number of non-ortho nitro benzene ring substituents is 1. The van der Waals surface area contributed by atoms with E-state index in [-0.39, 0.29) is 55.4 Å². The lowest BCUT2D eigenvalue weighted by Gasteiger charge is -2.59. The molecule has 2 aromatic carbocycles. The predicted molar refractivity (Wildman–Crippen MR) is 215 cm³/mol. The van der Waals surface area contributed by atoms with Gasteiger partial charge in [-0.2, -0.15) is 0 Å². The summed E-state index contributed by atoms with van der Waals surface area (Å²) >= 11 is 0. The minimum Gasteiger partial charge on any atom is -0.492 e. The van der Waals surface area contributed by atoms with Gasteiger partial charge in [0.25, 0.3) is 5.69 Å². The molecule has 0 spiro atoms. The Balaban J connectivity index is 1.51. The Morgan fingerprint density at radius 2 is 1.79 bits per heavy atom. The van der Waals surface area contributed by atoms with Gasteiger partial charge in [0, 0.05) is 69.9 Å². The minimum absolute atomic E-state index is 0.0621. The quantitative estimate of drug-likeness (QED) is 0.0503. The van der Waals surface area contributed by atoms with Crippen LogP contribution in [0.25, 0.3) is 0 Å². The molecule has 4 aliphatic rings. The van der Waals surface area contributed by atoms with Crippen LogP contribution in [0.1, 0.15) is 77.2 Å². The number of carbonyl (C=O) groups is 1. The third kappa shape index (κ3) is 9.80. The maximum atomic E-state index is 14.2. The number of fused-ring (bicyclic) bond motifs is 2. The maximum Gasteiger partial charge on any atom is 0.415 e. The van der Waals surface area contributed by atoms with Gasteiger partial charge in [-0.1, -0.05) is 30.1 Å². The van der Waals surface area contributed by atoms with Crippen molar-refractivity contribution in [3.8, 4) is 17.2 Å². The van der Waals surface area contributed by atoms with E-state index < -0.39 is 34.4 Å². The second-order valence-corrected chi connectivity index (χ2v) is 16.4. The summed E-state index contributed by atoms with van der Waals surface area (Å²) < 4.78 is 26.2. The Hall–Kier alpha value is -4.50. The number of nitro groups is 1. The number of allylic oxidation sites excluding steroid dienone is 1. The number of benzene rings is 2. The van der Waals surface area contributed by atoms with Crippen molar-refractivity contribution in [2.75, 3.05) is 53.1 Å². The van der Waals surface area contributed by atoms with Gasteiger partial charge in [0.15, 0.2) is 0 Å². The monoisotopic (exact) mass is 790 g/mol. The molecule has 6 atom stereocenters. The Bertz CT molecular complexity index is 1790. The van der Waals surface area contributed by atoms with E-state index in [1.165, 1.54) is 29.2 Å². The summed E-state index contributed by atoms with van der Waals surface area (Å²) in [5.74, 6) is -0.484. The molecule has 14 heteroatoms. The number of nitro benzene ring substituents is 1. The van der Waals surface area contributed by atoms with Crippen LogP contribution < -0.4 is 14.2 Å². The van der Waals surface area contributed by atoms with E-state index >= 15 is 0 Å². The summed E-state index contributed by atoms with van der Waals surface area (Å²) in [4.78, 5) is 34.9. The first-order chi connectivity index (χ1) is 27.4. The summed E-state index contributed by atoms with van der Waals surface area (Å²) in [5.41, 5.74) is 1.82. The largest absolute Gasteiger partial charge is 0.492 e. The topological polar surface area (TPSA) is 165 Å². The molecule has 0 bridgehead atoms. The number of aliphatic hydroxyl groups is 2. The Kier molecular flexibility index (Phi) is 13.6. The van der Waals surface area contributed by atoms with Gasteiger partial charge in [-0.3, -0.25) is 15.0 Å². The van der Waals surface area contributed by atoms with Gasteiger partial charge >= 0.3 is 6.09 Å². The maximum absolute atomic E-state index is 14.2. The zero-order valence-electron chi connectivity index (χ0n) is 33.6. The Morgan fingerprint density at radius 3 is 2.44 bits per heavy atom. The number of ether oxygens (including phenoxy) is 4.